The third-order valence-corrected chi connectivity index (χ3v) is 11.2. The Kier molecular flexibility index (Phi) is 11.0. The number of rotatable bonds is 10. The molecule has 4 atom stereocenters. The molecule has 15 heteroatoms. The van der Waals surface area contributed by atoms with Gasteiger partial charge in [-0.3, -0.25) is 19.5 Å². The zero-order chi connectivity index (χ0) is 34.6. The second-order valence-electron chi connectivity index (χ2n) is 11.9. The highest BCUT2D eigenvalue weighted by Gasteiger charge is 2.47. The predicted molar refractivity (Wildman–Crippen MR) is 179 cm³/mol. The third kappa shape index (κ3) is 7.80. The van der Waals surface area contributed by atoms with Gasteiger partial charge >= 0.3 is 5.97 Å². The Morgan fingerprint density at radius 2 is 1.81 bits per heavy atom. The van der Waals surface area contributed by atoms with E-state index in [1.807, 2.05) is 6.07 Å². The number of aromatic nitrogens is 1. The molecule has 5 rings (SSSR count). The summed E-state index contributed by atoms with van der Waals surface area (Å²) in [4.78, 5) is 44.8. The number of amides is 2. The molecule has 2 fully saturated rings. The lowest BCUT2D eigenvalue weighted by molar-refractivity contribution is -0.142. The molecular formula is C33H34Cl2N6O6S. The highest BCUT2D eigenvalue weighted by molar-refractivity contribution is 7.89. The lowest BCUT2D eigenvalue weighted by atomic mass is 9.99. The number of nitrogens with one attached hydrogen (secondary N) is 2. The summed E-state index contributed by atoms with van der Waals surface area (Å²) in [6, 6.07) is 11.4. The van der Waals surface area contributed by atoms with E-state index in [1.54, 1.807) is 24.3 Å². The molecule has 48 heavy (non-hydrogen) atoms. The van der Waals surface area contributed by atoms with Gasteiger partial charge in [0.1, 0.15) is 12.1 Å². The number of pyridine rings is 1. The number of carbonyl (C=O) groups excluding carboxylic acids is 2. The SMILES string of the molecule is CC1CCCCN1C1C[C@@H](C(=O)N[C@@H](Cc2ccc(NC(=O)c3c(Cl)cncc3Cl)cc2)C(=O)O)N(S(=O)(=O)c2cccc(C#N)c2)C1. The average molecular weight is 714 g/mol. The zero-order valence-corrected chi connectivity index (χ0v) is 28.3. The number of carbonyl (C=O) groups is 3. The highest BCUT2D eigenvalue weighted by Crippen LogP contribution is 2.33. The van der Waals surface area contributed by atoms with Gasteiger partial charge in [-0.1, -0.05) is 47.8 Å². The molecule has 2 saturated heterocycles. The largest absolute Gasteiger partial charge is 0.480 e. The fraction of sp³-hybridized carbons (Fsp3) is 0.364. The van der Waals surface area contributed by atoms with Crippen LogP contribution in [0.15, 0.2) is 65.8 Å². The molecule has 0 aliphatic carbocycles. The number of hydrogen-bond donors (Lipinski definition) is 3. The van der Waals surface area contributed by atoms with Crippen LogP contribution in [0.2, 0.25) is 10.0 Å². The van der Waals surface area contributed by atoms with Gasteiger partial charge in [-0.25, -0.2) is 13.2 Å². The molecule has 2 aromatic carbocycles. The number of nitriles is 1. The summed E-state index contributed by atoms with van der Waals surface area (Å²) in [6.07, 6.45) is 5.67. The summed E-state index contributed by atoms with van der Waals surface area (Å²) in [5, 5.41) is 24.8. The summed E-state index contributed by atoms with van der Waals surface area (Å²) < 4.78 is 29.0. The summed E-state index contributed by atoms with van der Waals surface area (Å²) >= 11 is 12.1. The number of nitrogens with zero attached hydrogens (tertiary/aromatic N) is 4. The number of likely N-dealkylation sites (tertiary alicyclic amines) is 1. The topological polar surface area (TPSA) is 173 Å². The van der Waals surface area contributed by atoms with Crippen LogP contribution in [0.5, 0.6) is 0 Å². The van der Waals surface area contributed by atoms with Crippen molar-refractivity contribution in [1.82, 2.24) is 19.5 Å². The fourth-order valence-electron chi connectivity index (χ4n) is 6.30. The molecule has 2 aliphatic rings. The van der Waals surface area contributed by atoms with Gasteiger partial charge in [0.25, 0.3) is 5.91 Å². The molecule has 0 spiro atoms. The molecule has 12 nitrogen and oxygen atoms in total. The minimum atomic E-state index is -4.22. The number of aliphatic carboxylic acids is 1. The molecule has 2 aliphatic heterocycles. The molecular weight excluding hydrogens is 679 g/mol. The van der Waals surface area contributed by atoms with Crippen molar-refractivity contribution >= 4 is 56.7 Å². The van der Waals surface area contributed by atoms with Crippen molar-refractivity contribution in [1.29, 1.82) is 5.26 Å². The molecule has 3 aromatic rings. The van der Waals surface area contributed by atoms with Crippen molar-refractivity contribution in [2.24, 2.45) is 0 Å². The maximum absolute atomic E-state index is 13.9. The first-order valence-electron chi connectivity index (χ1n) is 15.4. The van der Waals surface area contributed by atoms with Crippen LogP contribution in [0.25, 0.3) is 0 Å². The molecule has 0 saturated carbocycles. The van der Waals surface area contributed by atoms with E-state index in [9.17, 15) is 33.2 Å². The Morgan fingerprint density at radius 3 is 2.46 bits per heavy atom. The van der Waals surface area contributed by atoms with Crippen LogP contribution >= 0.6 is 23.2 Å². The second kappa shape index (κ2) is 15.0. The Hall–Kier alpha value is -4.06. The van der Waals surface area contributed by atoms with Gasteiger partial charge in [-0.05, 0) is 68.6 Å². The molecule has 1 aromatic heterocycles. The minimum absolute atomic E-state index is 0.0579. The van der Waals surface area contributed by atoms with Crippen molar-refractivity contribution in [3.63, 3.8) is 0 Å². The van der Waals surface area contributed by atoms with Gasteiger partial charge < -0.3 is 15.7 Å². The molecule has 3 N–H and O–H groups in total. The van der Waals surface area contributed by atoms with Crippen LogP contribution in [-0.4, -0.2) is 82.8 Å². The Morgan fingerprint density at radius 1 is 1.10 bits per heavy atom. The summed E-state index contributed by atoms with van der Waals surface area (Å²) in [6.45, 7) is 2.92. The number of benzene rings is 2. The molecule has 252 valence electrons. The predicted octanol–water partition coefficient (Wildman–Crippen LogP) is 4.33. The van der Waals surface area contributed by atoms with Crippen LogP contribution < -0.4 is 10.6 Å². The van der Waals surface area contributed by atoms with Gasteiger partial charge in [0, 0.05) is 43.1 Å². The summed E-state index contributed by atoms with van der Waals surface area (Å²) in [7, 11) is -4.22. The van der Waals surface area contributed by atoms with Crippen LogP contribution in [0.4, 0.5) is 5.69 Å². The first-order chi connectivity index (χ1) is 22.9. The minimum Gasteiger partial charge on any atom is -0.480 e. The average Bonchev–Trinajstić information content (AvgIpc) is 3.52. The normalized spacial score (nSPS) is 20.8. The maximum atomic E-state index is 13.9. The van der Waals surface area contributed by atoms with Gasteiger partial charge in [0.05, 0.1) is 32.1 Å². The van der Waals surface area contributed by atoms with E-state index in [0.29, 0.717) is 11.3 Å². The number of sulfonamides is 1. The van der Waals surface area contributed by atoms with Crippen molar-refractivity contribution in [3.05, 3.63) is 87.7 Å². The second-order valence-corrected chi connectivity index (χ2v) is 14.6. The lowest BCUT2D eigenvalue weighted by Crippen LogP contribution is -2.51. The van der Waals surface area contributed by atoms with E-state index < -0.39 is 39.9 Å². The molecule has 2 amide bonds. The molecule has 0 bridgehead atoms. The number of hydrogen-bond acceptors (Lipinski definition) is 8. The lowest BCUT2D eigenvalue weighted by Gasteiger charge is -2.37. The third-order valence-electron chi connectivity index (χ3n) is 8.78. The van der Waals surface area contributed by atoms with E-state index in [1.165, 1.54) is 36.7 Å². The fourth-order valence-corrected chi connectivity index (χ4v) is 8.52. The summed E-state index contributed by atoms with van der Waals surface area (Å²) in [5.41, 5.74) is 1.17. The number of anilines is 1. The maximum Gasteiger partial charge on any atom is 0.326 e. The number of piperidine rings is 1. The first kappa shape index (κ1) is 35.3. The van der Waals surface area contributed by atoms with Crippen molar-refractivity contribution in [2.45, 2.75) is 68.1 Å². The van der Waals surface area contributed by atoms with Crippen LogP contribution in [-0.2, 0) is 26.0 Å². The van der Waals surface area contributed by atoms with Crippen molar-refractivity contribution in [3.8, 4) is 6.07 Å². The zero-order valence-electron chi connectivity index (χ0n) is 26.0. The molecule has 0 radical (unpaired) electrons. The Labute approximate surface area is 288 Å². The van der Waals surface area contributed by atoms with E-state index >= 15 is 0 Å². The van der Waals surface area contributed by atoms with Gasteiger partial charge in [0.15, 0.2) is 0 Å². The Bertz CT molecular complexity index is 1830. The number of carboxylic acid groups (broad SMARTS) is 1. The van der Waals surface area contributed by atoms with Gasteiger partial charge in [-0.15, -0.1) is 0 Å². The van der Waals surface area contributed by atoms with Crippen molar-refractivity contribution in [2.75, 3.05) is 18.4 Å². The number of carboxylic acids is 1. The highest BCUT2D eigenvalue weighted by atomic mass is 35.5. The van der Waals surface area contributed by atoms with Crippen LogP contribution in [0.1, 0.15) is 54.1 Å². The molecule has 3 heterocycles. The standard InChI is InChI=1S/C33H34Cl2N6O6S/c1-20-5-2-3-12-40(20)24-15-29(41(19-24)48(46,47)25-7-4-6-22(13-25)16-36)31(42)39-28(33(44)45)14-21-8-10-23(11-9-21)38-32(43)30-26(34)17-37-18-27(30)35/h4,6-11,13,17-18,20,24,28-29H,2-3,5,12,14-15,19H2,1H3,(H,38,43)(H,39,42)(H,44,45)/t20?,24?,28-,29-/m0/s1. The monoisotopic (exact) mass is 712 g/mol. The number of halogens is 2. The van der Waals surface area contributed by atoms with E-state index in [4.69, 9.17) is 23.2 Å². The van der Waals surface area contributed by atoms with E-state index in [2.05, 4.69) is 27.4 Å². The van der Waals surface area contributed by atoms with Gasteiger partial charge in [0.2, 0.25) is 15.9 Å². The quantitative estimate of drug-likeness (QED) is 0.277. The Balaban J connectivity index is 1.33. The first-order valence-corrected chi connectivity index (χ1v) is 17.6. The molecule has 2 unspecified atom stereocenters. The summed E-state index contributed by atoms with van der Waals surface area (Å²) in [5.74, 6) is -2.56. The smallest absolute Gasteiger partial charge is 0.326 e. The van der Waals surface area contributed by atoms with Crippen molar-refractivity contribution < 1.29 is 27.9 Å². The van der Waals surface area contributed by atoms with E-state index in [-0.39, 0.29) is 57.5 Å². The van der Waals surface area contributed by atoms with Crippen LogP contribution in [0, 0.1) is 11.3 Å². The van der Waals surface area contributed by atoms with Gasteiger partial charge in [-0.2, -0.15) is 9.57 Å². The van der Waals surface area contributed by atoms with Crippen LogP contribution in [0.3, 0.4) is 0 Å². The van der Waals surface area contributed by atoms with E-state index in [0.717, 1.165) is 30.1 Å².